The first kappa shape index (κ1) is 24.1. The van der Waals surface area contributed by atoms with Crippen LogP contribution in [0.2, 0.25) is 0 Å². The zero-order chi connectivity index (χ0) is 23.9. The molecule has 1 aliphatic heterocycles. The number of hydrogen-bond acceptors (Lipinski definition) is 9. The molecule has 9 heteroatoms. The van der Waals surface area contributed by atoms with Crippen LogP contribution >= 0.6 is 11.8 Å². The van der Waals surface area contributed by atoms with E-state index >= 15 is 0 Å². The summed E-state index contributed by atoms with van der Waals surface area (Å²) in [4.78, 5) is 41.7. The van der Waals surface area contributed by atoms with E-state index in [0.717, 1.165) is 38.2 Å². The van der Waals surface area contributed by atoms with Crippen LogP contribution in [0.4, 0.5) is 0 Å². The van der Waals surface area contributed by atoms with E-state index in [4.69, 9.17) is 4.74 Å². The second-order valence-electron chi connectivity index (χ2n) is 7.96. The number of benzene rings is 1. The summed E-state index contributed by atoms with van der Waals surface area (Å²) in [5, 5.41) is 33.5. The van der Waals surface area contributed by atoms with Gasteiger partial charge in [0.15, 0.2) is 34.0 Å². The lowest BCUT2D eigenvalue weighted by atomic mass is 9.65. The number of aliphatic hydroxyl groups is 3. The molecule has 1 aromatic heterocycles. The number of Topliss-reactive ketones (excluding diaryl/α,β-unsaturated/α-hetero) is 3. The van der Waals surface area contributed by atoms with Gasteiger partial charge in [-0.15, -0.1) is 11.8 Å². The van der Waals surface area contributed by atoms with E-state index < -0.39 is 45.3 Å². The second kappa shape index (κ2) is 8.40. The van der Waals surface area contributed by atoms with Crippen LogP contribution in [0.3, 0.4) is 0 Å². The van der Waals surface area contributed by atoms with Crippen LogP contribution in [-0.4, -0.2) is 65.6 Å². The molecule has 8 nitrogen and oxygen atoms in total. The van der Waals surface area contributed by atoms with E-state index in [1.54, 1.807) is 24.3 Å². The highest BCUT2D eigenvalue weighted by molar-refractivity contribution is 8.00. The Morgan fingerprint density at radius 1 is 1.00 bits per heavy atom. The quantitative estimate of drug-likeness (QED) is 0.587. The number of aromatic nitrogens is 1. The lowest BCUT2D eigenvalue weighted by molar-refractivity contribution is -0.235. The molecule has 3 rings (SSSR count). The van der Waals surface area contributed by atoms with Crippen LogP contribution in [-0.2, 0) is 14.4 Å². The van der Waals surface area contributed by atoms with Gasteiger partial charge in [-0.3, -0.25) is 19.4 Å². The molecular weight excluding hydrogens is 434 g/mol. The number of pyridine rings is 1. The molecule has 1 aromatic carbocycles. The van der Waals surface area contributed by atoms with Crippen molar-refractivity contribution in [2.24, 2.45) is 0 Å². The van der Waals surface area contributed by atoms with E-state index in [1.807, 2.05) is 25.1 Å². The highest BCUT2D eigenvalue weighted by atomic mass is 32.2. The predicted octanol–water partition coefficient (Wildman–Crippen LogP) is 1.47. The predicted molar refractivity (Wildman–Crippen MR) is 118 cm³/mol. The van der Waals surface area contributed by atoms with Gasteiger partial charge in [0, 0.05) is 17.0 Å². The Hall–Kier alpha value is -2.59. The number of thioether (sulfide) groups is 1. The van der Waals surface area contributed by atoms with Crippen molar-refractivity contribution in [2.45, 2.75) is 49.9 Å². The third kappa shape index (κ3) is 3.55. The fourth-order valence-corrected chi connectivity index (χ4v) is 5.48. The Labute approximate surface area is 189 Å². The second-order valence-corrected chi connectivity index (χ2v) is 9.01. The van der Waals surface area contributed by atoms with Gasteiger partial charge in [-0.25, -0.2) is 0 Å². The van der Waals surface area contributed by atoms with E-state index in [0.29, 0.717) is 11.3 Å². The molecular formula is C23H25NO7S. The minimum Gasteiger partial charge on any atom is -0.476 e. The standard InChI is InChI=1S/C23H25NO7S/c1-13-7-5-10-19(24-13)17-8-6-9-18(11-17)31-20-22(29,15(3)26)23(30,16(4)27)21(28,12-32-20)14(2)25/h5-11,20,28-30H,12H2,1-4H3/t20-,21-,22-,23-/m0/s1. The summed E-state index contributed by atoms with van der Waals surface area (Å²) in [6, 6.07) is 12.2. The fraction of sp³-hybridized carbons (Fsp3) is 0.391. The van der Waals surface area contributed by atoms with Crippen LogP contribution in [0.15, 0.2) is 42.5 Å². The summed E-state index contributed by atoms with van der Waals surface area (Å²) in [5.41, 5.74) is -7.92. The van der Waals surface area contributed by atoms with Crippen LogP contribution in [0.1, 0.15) is 26.5 Å². The van der Waals surface area contributed by atoms with E-state index in [9.17, 15) is 29.7 Å². The van der Waals surface area contributed by atoms with Crippen LogP contribution in [0.25, 0.3) is 11.3 Å². The molecule has 1 saturated heterocycles. The van der Waals surface area contributed by atoms with Gasteiger partial charge in [0.25, 0.3) is 0 Å². The highest BCUT2D eigenvalue weighted by Crippen LogP contribution is 2.49. The lowest BCUT2D eigenvalue weighted by Gasteiger charge is -2.54. The zero-order valence-corrected chi connectivity index (χ0v) is 19.0. The molecule has 0 aliphatic carbocycles. The largest absolute Gasteiger partial charge is 0.476 e. The zero-order valence-electron chi connectivity index (χ0n) is 18.2. The van der Waals surface area contributed by atoms with Gasteiger partial charge in [0.1, 0.15) is 5.75 Å². The van der Waals surface area contributed by atoms with Gasteiger partial charge in [0.2, 0.25) is 5.60 Å². The first-order chi connectivity index (χ1) is 14.9. The van der Waals surface area contributed by atoms with Crippen LogP contribution < -0.4 is 4.74 Å². The highest BCUT2D eigenvalue weighted by Gasteiger charge is 2.75. The maximum absolute atomic E-state index is 12.6. The van der Waals surface area contributed by atoms with E-state index in [-0.39, 0.29) is 5.75 Å². The molecule has 0 unspecified atom stereocenters. The molecule has 2 heterocycles. The summed E-state index contributed by atoms with van der Waals surface area (Å²) in [6.45, 7) is 4.70. The third-order valence-corrected chi connectivity index (χ3v) is 7.15. The van der Waals surface area contributed by atoms with Crippen molar-refractivity contribution in [2.75, 3.05) is 5.75 Å². The minimum absolute atomic E-state index is 0.238. The number of carbonyl (C=O) groups excluding carboxylic acids is 3. The molecule has 0 bridgehead atoms. The number of rotatable bonds is 6. The van der Waals surface area contributed by atoms with Crippen molar-refractivity contribution in [3.63, 3.8) is 0 Å². The monoisotopic (exact) mass is 459 g/mol. The normalized spacial score (nSPS) is 29.9. The Bertz CT molecular complexity index is 1090. The van der Waals surface area contributed by atoms with E-state index in [2.05, 4.69) is 4.98 Å². The minimum atomic E-state index is -3.09. The molecule has 0 spiro atoms. The number of ketones is 3. The molecule has 0 amide bonds. The molecule has 3 N–H and O–H groups in total. The SMILES string of the molecule is CC(=O)[C@]1(O)[C@@](O)(C(C)=O)CS[C@H](Oc2cccc(-c3cccc(C)n3)c2)[C@@]1(O)C(C)=O. The molecule has 4 atom stereocenters. The molecule has 170 valence electrons. The maximum Gasteiger partial charge on any atom is 0.208 e. The summed E-state index contributed by atoms with van der Waals surface area (Å²) in [7, 11) is 0. The molecule has 0 radical (unpaired) electrons. The van der Waals surface area contributed by atoms with Crippen molar-refractivity contribution in [1.82, 2.24) is 4.98 Å². The van der Waals surface area contributed by atoms with Crippen LogP contribution in [0, 0.1) is 6.92 Å². The number of carbonyl (C=O) groups is 3. The summed E-state index contributed by atoms with van der Waals surface area (Å²) in [5.74, 6) is -3.32. The van der Waals surface area contributed by atoms with Gasteiger partial charge in [-0.1, -0.05) is 18.2 Å². The van der Waals surface area contributed by atoms with Crippen molar-refractivity contribution in [1.29, 1.82) is 0 Å². The number of aryl methyl sites for hydroxylation is 1. The third-order valence-electron chi connectivity index (χ3n) is 5.82. The Kier molecular flexibility index (Phi) is 6.32. The average Bonchev–Trinajstić information content (AvgIpc) is 2.74. The van der Waals surface area contributed by atoms with Gasteiger partial charge >= 0.3 is 0 Å². The molecule has 32 heavy (non-hydrogen) atoms. The Balaban J connectivity index is 2.05. The summed E-state index contributed by atoms with van der Waals surface area (Å²) < 4.78 is 5.87. The average molecular weight is 460 g/mol. The summed E-state index contributed by atoms with van der Waals surface area (Å²) >= 11 is 0.761. The number of ether oxygens (including phenoxy) is 1. The Morgan fingerprint density at radius 2 is 1.66 bits per heavy atom. The van der Waals surface area contributed by atoms with E-state index in [1.165, 1.54) is 0 Å². The molecule has 1 fully saturated rings. The number of nitrogens with zero attached hydrogens (tertiary/aromatic N) is 1. The van der Waals surface area contributed by atoms with Crippen LogP contribution in [0.5, 0.6) is 5.75 Å². The fourth-order valence-electron chi connectivity index (χ4n) is 3.92. The molecule has 1 aliphatic rings. The van der Waals surface area contributed by atoms with Crippen molar-refractivity contribution < 1.29 is 34.4 Å². The number of hydrogen-bond donors (Lipinski definition) is 3. The van der Waals surface area contributed by atoms with Gasteiger partial charge in [-0.05, 0) is 52.0 Å². The molecule has 0 saturated carbocycles. The molecule has 2 aromatic rings. The van der Waals surface area contributed by atoms with Crippen molar-refractivity contribution in [3.05, 3.63) is 48.2 Å². The first-order valence-electron chi connectivity index (χ1n) is 9.90. The van der Waals surface area contributed by atoms with Gasteiger partial charge < -0.3 is 20.1 Å². The maximum atomic E-state index is 12.6. The van der Waals surface area contributed by atoms with Gasteiger partial charge in [-0.2, -0.15) is 0 Å². The van der Waals surface area contributed by atoms with Gasteiger partial charge in [0.05, 0.1) is 5.69 Å². The summed E-state index contributed by atoms with van der Waals surface area (Å²) in [6.07, 6.45) is 0. The van der Waals surface area contributed by atoms with Crippen molar-refractivity contribution in [3.8, 4) is 17.0 Å². The lowest BCUT2D eigenvalue weighted by Crippen LogP contribution is -2.82. The first-order valence-corrected chi connectivity index (χ1v) is 11.0. The smallest absolute Gasteiger partial charge is 0.208 e. The van der Waals surface area contributed by atoms with Crippen molar-refractivity contribution >= 4 is 29.1 Å². The Morgan fingerprint density at radius 3 is 2.22 bits per heavy atom. The topological polar surface area (TPSA) is 134 Å².